The molecule has 0 spiro atoms. The molecule has 0 heterocycles. The molecule has 1 unspecified atom stereocenters. The van der Waals surface area contributed by atoms with Crippen LogP contribution in [0.15, 0.2) is 47.4 Å². The number of nitrogens with two attached hydrogens (primary N) is 1. The highest BCUT2D eigenvalue weighted by molar-refractivity contribution is 7.89. The molecular formula is C18H24ClN3O3S. The SMILES string of the molecule is Cl.NC(CNC(=O)CCNS(=O)(=O)c1ccc2ccccc2c1)C1CC1. The Bertz CT molecular complexity index is 869. The van der Waals surface area contributed by atoms with Gasteiger partial charge in [0.2, 0.25) is 15.9 Å². The zero-order valence-corrected chi connectivity index (χ0v) is 16.0. The average molecular weight is 398 g/mol. The van der Waals surface area contributed by atoms with Crippen molar-refractivity contribution in [2.75, 3.05) is 13.1 Å². The van der Waals surface area contributed by atoms with Crippen molar-refractivity contribution < 1.29 is 13.2 Å². The number of carbonyl (C=O) groups excluding carboxylic acids is 1. The van der Waals surface area contributed by atoms with Gasteiger partial charge in [0.1, 0.15) is 0 Å². The summed E-state index contributed by atoms with van der Waals surface area (Å²) in [6, 6.07) is 12.5. The monoisotopic (exact) mass is 397 g/mol. The van der Waals surface area contributed by atoms with Crippen molar-refractivity contribution in [3.05, 3.63) is 42.5 Å². The van der Waals surface area contributed by atoms with Crippen molar-refractivity contribution in [3.63, 3.8) is 0 Å². The van der Waals surface area contributed by atoms with Crippen LogP contribution in [-0.2, 0) is 14.8 Å². The highest BCUT2D eigenvalue weighted by Gasteiger charge is 2.28. The van der Waals surface area contributed by atoms with Crippen LogP contribution in [0.4, 0.5) is 0 Å². The summed E-state index contributed by atoms with van der Waals surface area (Å²) in [6.07, 6.45) is 2.34. The Hall–Kier alpha value is -1.67. The first-order valence-electron chi connectivity index (χ1n) is 8.46. The lowest BCUT2D eigenvalue weighted by Crippen LogP contribution is -2.39. The van der Waals surface area contributed by atoms with E-state index >= 15 is 0 Å². The first-order chi connectivity index (χ1) is 12.0. The number of nitrogens with one attached hydrogen (secondary N) is 2. The van der Waals surface area contributed by atoms with E-state index in [0.29, 0.717) is 12.5 Å². The summed E-state index contributed by atoms with van der Waals surface area (Å²) in [7, 11) is -3.64. The Morgan fingerprint density at radius 2 is 1.85 bits per heavy atom. The lowest BCUT2D eigenvalue weighted by molar-refractivity contribution is -0.121. The summed E-state index contributed by atoms with van der Waals surface area (Å²) >= 11 is 0. The number of benzene rings is 2. The highest BCUT2D eigenvalue weighted by atomic mass is 35.5. The molecule has 1 amide bonds. The first-order valence-corrected chi connectivity index (χ1v) is 9.95. The largest absolute Gasteiger partial charge is 0.354 e. The van der Waals surface area contributed by atoms with Crippen molar-refractivity contribution in [3.8, 4) is 0 Å². The van der Waals surface area contributed by atoms with Crippen molar-refractivity contribution in [2.45, 2.75) is 30.2 Å². The van der Waals surface area contributed by atoms with Gasteiger partial charge in [-0.1, -0.05) is 30.3 Å². The van der Waals surface area contributed by atoms with Crippen LogP contribution in [-0.4, -0.2) is 33.5 Å². The van der Waals surface area contributed by atoms with E-state index in [0.717, 1.165) is 23.6 Å². The Balaban J connectivity index is 0.00000243. The zero-order chi connectivity index (χ0) is 17.9. The van der Waals surface area contributed by atoms with Crippen LogP contribution in [0.3, 0.4) is 0 Å². The van der Waals surface area contributed by atoms with Gasteiger partial charge < -0.3 is 11.1 Å². The number of hydrogen-bond donors (Lipinski definition) is 3. The Labute approximate surface area is 160 Å². The average Bonchev–Trinajstić information content (AvgIpc) is 3.44. The molecule has 0 radical (unpaired) electrons. The standard InChI is InChI=1S/C18H23N3O3S.ClH/c19-17(14-5-6-14)12-20-18(22)9-10-21-25(23,24)16-8-7-13-3-1-2-4-15(13)11-16;/h1-4,7-8,11,14,17,21H,5-6,9-10,12,19H2,(H,20,22);1H. The van der Waals surface area contributed by atoms with Crippen LogP contribution in [0.5, 0.6) is 0 Å². The van der Waals surface area contributed by atoms with Crippen LogP contribution < -0.4 is 15.8 Å². The van der Waals surface area contributed by atoms with E-state index in [1.807, 2.05) is 24.3 Å². The second kappa shape index (κ2) is 8.81. The molecule has 1 aliphatic rings. The Morgan fingerprint density at radius 3 is 2.54 bits per heavy atom. The fraction of sp³-hybridized carbons (Fsp3) is 0.389. The molecule has 2 aromatic carbocycles. The summed E-state index contributed by atoms with van der Waals surface area (Å²) in [6.45, 7) is 0.501. The van der Waals surface area contributed by atoms with E-state index in [2.05, 4.69) is 10.0 Å². The van der Waals surface area contributed by atoms with Crippen molar-refractivity contribution in [1.29, 1.82) is 0 Å². The molecule has 3 rings (SSSR count). The third-order valence-electron chi connectivity index (χ3n) is 4.44. The van der Waals surface area contributed by atoms with E-state index < -0.39 is 10.0 Å². The van der Waals surface area contributed by atoms with E-state index in [-0.39, 0.29) is 42.2 Å². The second-order valence-corrected chi connectivity index (χ2v) is 8.23. The van der Waals surface area contributed by atoms with Crippen LogP contribution in [0.1, 0.15) is 19.3 Å². The number of fused-ring (bicyclic) bond motifs is 1. The fourth-order valence-electron chi connectivity index (χ4n) is 2.73. The minimum absolute atomic E-state index is 0. The van der Waals surface area contributed by atoms with E-state index in [1.165, 1.54) is 0 Å². The topological polar surface area (TPSA) is 101 Å². The summed E-state index contributed by atoms with van der Waals surface area (Å²) in [4.78, 5) is 12.0. The summed E-state index contributed by atoms with van der Waals surface area (Å²) in [5.74, 6) is 0.323. The van der Waals surface area contributed by atoms with E-state index in [1.54, 1.807) is 18.2 Å². The first kappa shape index (κ1) is 20.6. The van der Waals surface area contributed by atoms with Gasteiger partial charge in [0.05, 0.1) is 4.90 Å². The molecule has 1 atom stereocenters. The molecule has 1 saturated carbocycles. The summed E-state index contributed by atoms with van der Waals surface area (Å²) < 4.78 is 27.2. The Morgan fingerprint density at radius 1 is 1.15 bits per heavy atom. The third-order valence-corrected chi connectivity index (χ3v) is 5.90. The number of hydrogen-bond acceptors (Lipinski definition) is 4. The van der Waals surface area contributed by atoms with Gasteiger partial charge in [-0.15, -0.1) is 12.4 Å². The van der Waals surface area contributed by atoms with Gasteiger partial charge in [-0.3, -0.25) is 4.79 Å². The molecule has 0 bridgehead atoms. The van der Waals surface area contributed by atoms with Gasteiger partial charge in [-0.05, 0) is 41.7 Å². The molecule has 142 valence electrons. The van der Waals surface area contributed by atoms with Gasteiger partial charge in [0.25, 0.3) is 0 Å². The number of amides is 1. The minimum Gasteiger partial charge on any atom is -0.354 e. The van der Waals surface area contributed by atoms with Crippen LogP contribution in [0.2, 0.25) is 0 Å². The highest BCUT2D eigenvalue weighted by Crippen LogP contribution is 2.31. The van der Waals surface area contributed by atoms with Crippen LogP contribution in [0, 0.1) is 5.92 Å². The predicted octanol–water partition coefficient (Wildman–Crippen LogP) is 1.78. The second-order valence-electron chi connectivity index (χ2n) is 6.46. The molecule has 0 saturated heterocycles. The lowest BCUT2D eigenvalue weighted by Gasteiger charge is -2.12. The van der Waals surface area contributed by atoms with E-state index in [9.17, 15) is 13.2 Å². The maximum absolute atomic E-state index is 12.4. The van der Waals surface area contributed by atoms with Gasteiger partial charge in [-0.25, -0.2) is 13.1 Å². The van der Waals surface area contributed by atoms with E-state index in [4.69, 9.17) is 5.73 Å². The van der Waals surface area contributed by atoms with Gasteiger partial charge in [0.15, 0.2) is 0 Å². The molecule has 1 aliphatic carbocycles. The van der Waals surface area contributed by atoms with Crippen molar-refractivity contribution in [1.82, 2.24) is 10.0 Å². The summed E-state index contributed by atoms with van der Waals surface area (Å²) in [5.41, 5.74) is 5.92. The minimum atomic E-state index is -3.64. The fourth-order valence-corrected chi connectivity index (χ4v) is 3.79. The smallest absolute Gasteiger partial charge is 0.240 e. The number of carbonyl (C=O) groups is 1. The van der Waals surface area contributed by atoms with Crippen molar-refractivity contribution in [2.24, 2.45) is 11.7 Å². The molecule has 2 aromatic rings. The maximum Gasteiger partial charge on any atom is 0.240 e. The third kappa shape index (κ3) is 5.41. The summed E-state index contributed by atoms with van der Waals surface area (Å²) in [5, 5.41) is 4.59. The molecule has 4 N–H and O–H groups in total. The molecule has 6 nitrogen and oxygen atoms in total. The zero-order valence-electron chi connectivity index (χ0n) is 14.4. The number of halogens is 1. The molecule has 0 aliphatic heterocycles. The quantitative estimate of drug-likeness (QED) is 0.631. The number of rotatable bonds is 8. The Kier molecular flexibility index (Phi) is 7.00. The molecule has 0 aromatic heterocycles. The van der Waals surface area contributed by atoms with Crippen molar-refractivity contribution >= 4 is 39.1 Å². The predicted molar refractivity (Wildman–Crippen MR) is 105 cm³/mol. The van der Waals surface area contributed by atoms with Gasteiger partial charge in [-0.2, -0.15) is 0 Å². The molecule has 8 heteroatoms. The number of sulfonamides is 1. The van der Waals surface area contributed by atoms with Gasteiger partial charge in [0, 0.05) is 25.6 Å². The normalized spacial score (nSPS) is 15.3. The molecule has 26 heavy (non-hydrogen) atoms. The lowest BCUT2D eigenvalue weighted by atomic mass is 10.1. The van der Waals surface area contributed by atoms with Gasteiger partial charge >= 0.3 is 0 Å². The van der Waals surface area contributed by atoms with Crippen LogP contribution >= 0.6 is 12.4 Å². The van der Waals surface area contributed by atoms with Crippen LogP contribution in [0.25, 0.3) is 10.8 Å². The molecule has 1 fully saturated rings. The maximum atomic E-state index is 12.4. The molecular weight excluding hydrogens is 374 g/mol.